The van der Waals surface area contributed by atoms with Crippen molar-refractivity contribution in [3.05, 3.63) is 58.9 Å². The first-order valence-electron chi connectivity index (χ1n) is 11.1. The van der Waals surface area contributed by atoms with Gasteiger partial charge in [-0.15, -0.1) is 0 Å². The fraction of sp³-hybridized carbons (Fsp3) is 0.280. The molecule has 9 heteroatoms. The molecular weight excluding hydrogens is 468 g/mol. The summed E-state index contributed by atoms with van der Waals surface area (Å²) in [6.45, 7) is 2.78. The van der Waals surface area contributed by atoms with E-state index in [9.17, 15) is 9.90 Å². The summed E-state index contributed by atoms with van der Waals surface area (Å²) in [5.41, 5.74) is 3.49. The molecule has 174 valence electrons. The number of morpholine rings is 1. The lowest BCUT2D eigenvalue weighted by Gasteiger charge is -2.29. The van der Waals surface area contributed by atoms with Gasteiger partial charge in [-0.25, -0.2) is 0 Å². The van der Waals surface area contributed by atoms with Gasteiger partial charge in [0.2, 0.25) is 5.56 Å². The normalized spacial score (nSPS) is 15.7. The lowest BCUT2D eigenvalue weighted by atomic mass is 10.1. The highest BCUT2D eigenvalue weighted by Gasteiger charge is 2.22. The van der Waals surface area contributed by atoms with E-state index in [4.69, 9.17) is 10.00 Å². The second-order valence-corrected chi connectivity index (χ2v) is 10.2. The average Bonchev–Trinajstić information content (AvgIpc) is 2.87. The van der Waals surface area contributed by atoms with Crippen molar-refractivity contribution in [1.82, 2.24) is 4.98 Å². The number of pyridine rings is 1. The smallest absolute Gasteiger partial charge is 0.250 e. The third-order valence-corrected chi connectivity index (χ3v) is 8.37. The van der Waals surface area contributed by atoms with Gasteiger partial charge in [0.15, 0.2) is 0 Å². The number of aromatic amines is 1. The monoisotopic (exact) mass is 492 g/mol. The SMILES string of the molecule is N#CCC(CO)Nc1ccc2c(c1)Sc1cccc(-c3cc(N4CCOCC4)cc(=O)[nH]3)c1S2. The van der Waals surface area contributed by atoms with Crippen LogP contribution in [0.25, 0.3) is 11.3 Å². The van der Waals surface area contributed by atoms with Crippen molar-refractivity contribution in [2.75, 3.05) is 43.1 Å². The second kappa shape index (κ2) is 10.2. The molecule has 2 aromatic carbocycles. The first kappa shape index (κ1) is 22.9. The van der Waals surface area contributed by atoms with Gasteiger partial charge < -0.3 is 25.0 Å². The van der Waals surface area contributed by atoms with Gasteiger partial charge >= 0.3 is 0 Å². The highest BCUT2D eigenvalue weighted by Crippen LogP contribution is 2.52. The van der Waals surface area contributed by atoms with Crippen molar-refractivity contribution in [3.63, 3.8) is 0 Å². The summed E-state index contributed by atoms with van der Waals surface area (Å²) >= 11 is 3.37. The molecule has 5 rings (SSSR count). The van der Waals surface area contributed by atoms with Crippen LogP contribution in [0, 0.1) is 11.3 Å². The Bertz CT molecular complexity index is 1300. The zero-order valence-corrected chi connectivity index (χ0v) is 20.0. The average molecular weight is 493 g/mol. The molecule has 34 heavy (non-hydrogen) atoms. The number of rotatable bonds is 6. The number of aromatic nitrogens is 1. The summed E-state index contributed by atoms with van der Waals surface area (Å²) < 4.78 is 5.46. The van der Waals surface area contributed by atoms with E-state index in [0.717, 1.165) is 55.3 Å². The maximum Gasteiger partial charge on any atom is 0.250 e. The van der Waals surface area contributed by atoms with Crippen molar-refractivity contribution < 1.29 is 9.84 Å². The van der Waals surface area contributed by atoms with Crippen molar-refractivity contribution in [2.45, 2.75) is 32.0 Å². The zero-order valence-electron chi connectivity index (χ0n) is 18.4. The van der Waals surface area contributed by atoms with E-state index >= 15 is 0 Å². The van der Waals surface area contributed by atoms with Gasteiger partial charge in [-0.3, -0.25) is 4.79 Å². The van der Waals surface area contributed by atoms with Crippen LogP contribution in [-0.2, 0) is 4.74 Å². The van der Waals surface area contributed by atoms with Gasteiger partial charge in [0, 0.05) is 55.7 Å². The molecule has 2 aliphatic rings. The standard InChI is InChI=1S/C25H24N4O3S2/c26-7-6-17(15-30)27-16-4-5-21-23(12-16)33-22-3-1-2-19(25(22)34-21)20-13-18(14-24(31)28-20)29-8-10-32-11-9-29/h1-5,12-14,17,27,30H,6,8-11,15H2,(H,28,31). The fourth-order valence-corrected chi connectivity index (χ4v) is 6.50. The first-order chi connectivity index (χ1) is 16.6. The first-order valence-corrected chi connectivity index (χ1v) is 12.7. The molecule has 1 unspecified atom stereocenters. The molecule has 7 nitrogen and oxygen atoms in total. The Kier molecular flexibility index (Phi) is 6.83. The molecule has 0 amide bonds. The van der Waals surface area contributed by atoms with E-state index in [1.54, 1.807) is 29.6 Å². The van der Waals surface area contributed by atoms with E-state index in [-0.39, 0.29) is 24.6 Å². The topological polar surface area (TPSA) is 101 Å². The number of ether oxygens (including phenoxy) is 1. The number of aliphatic hydroxyl groups is 1. The van der Waals surface area contributed by atoms with Crippen LogP contribution in [0.3, 0.4) is 0 Å². The highest BCUT2D eigenvalue weighted by molar-refractivity contribution is 8.05. The van der Waals surface area contributed by atoms with Crippen molar-refractivity contribution in [3.8, 4) is 17.3 Å². The molecule has 2 aliphatic heterocycles. The van der Waals surface area contributed by atoms with Crippen LogP contribution >= 0.6 is 23.5 Å². The molecule has 0 saturated carbocycles. The number of aliphatic hydroxyl groups excluding tert-OH is 1. The summed E-state index contributed by atoms with van der Waals surface area (Å²) in [7, 11) is 0. The fourth-order valence-electron chi connectivity index (χ4n) is 4.09. The van der Waals surface area contributed by atoms with Crippen molar-refractivity contribution >= 4 is 34.9 Å². The third-order valence-electron chi connectivity index (χ3n) is 5.78. The van der Waals surface area contributed by atoms with Crippen LogP contribution in [0.15, 0.2) is 72.9 Å². The Morgan fingerprint density at radius 1 is 1.12 bits per heavy atom. The van der Waals surface area contributed by atoms with Crippen LogP contribution < -0.4 is 15.8 Å². The van der Waals surface area contributed by atoms with Crippen LogP contribution in [-0.4, -0.2) is 49.0 Å². The Hall–Kier alpha value is -2.90. The quantitative estimate of drug-likeness (QED) is 0.369. The number of nitriles is 1. The van der Waals surface area contributed by atoms with Gasteiger partial charge in [0.1, 0.15) is 0 Å². The van der Waals surface area contributed by atoms with E-state index in [1.165, 1.54) is 0 Å². The molecule has 3 heterocycles. The van der Waals surface area contributed by atoms with E-state index in [2.05, 4.69) is 51.6 Å². The highest BCUT2D eigenvalue weighted by atomic mass is 32.2. The number of H-pyrrole nitrogens is 1. The predicted molar refractivity (Wildman–Crippen MR) is 135 cm³/mol. The molecule has 0 aliphatic carbocycles. The predicted octanol–water partition coefficient (Wildman–Crippen LogP) is 4.18. The number of anilines is 2. The third kappa shape index (κ3) is 4.81. The Morgan fingerprint density at radius 2 is 1.97 bits per heavy atom. The van der Waals surface area contributed by atoms with Crippen LogP contribution in [0.4, 0.5) is 11.4 Å². The molecule has 0 spiro atoms. The van der Waals surface area contributed by atoms with Gasteiger partial charge in [0.05, 0.1) is 44.0 Å². The summed E-state index contributed by atoms with van der Waals surface area (Å²) in [5.74, 6) is 0. The lowest BCUT2D eigenvalue weighted by Crippen LogP contribution is -2.36. The van der Waals surface area contributed by atoms with Crippen LogP contribution in [0.2, 0.25) is 0 Å². The van der Waals surface area contributed by atoms with Crippen molar-refractivity contribution in [1.29, 1.82) is 5.26 Å². The Labute approximate surface area is 206 Å². The van der Waals surface area contributed by atoms with Crippen molar-refractivity contribution in [2.24, 2.45) is 0 Å². The molecule has 0 bridgehead atoms. The largest absolute Gasteiger partial charge is 0.394 e. The zero-order chi connectivity index (χ0) is 23.5. The van der Waals surface area contributed by atoms with E-state index < -0.39 is 0 Å². The summed E-state index contributed by atoms with van der Waals surface area (Å²) in [6, 6.07) is 17.8. The lowest BCUT2D eigenvalue weighted by molar-refractivity contribution is 0.122. The molecule has 3 N–H and O–H groups in total. The molecule has 0 radical (unpaired) electrons. The summed E-state index contributed by atoms with van der Waals surface area (Å²) in [4.78, 5) is 22.2. The van der Waals surface area contributed by atoms with Crippen LogP contribution in [0.5, 0.6) is 0 Å². The molecule has 1 fully saturated rings. The number of benzene rings is 2. The number of hydrogen-bond acceptors (Lipinski definition) is 8. The minimum Gasteiger partial charge on any atom is -0.394 e. The van der Waals surface area contributed by atoms with Gasteiger partial charge in [-0.2, -0.15) is 5.26 Å². The maximum absolute atomic E-state index is 12.5. The van der Waals surface area contributed by atoms with Crippen LogP contribution in [0.1, 0.15) is 6.42 Å². The molecule has 1 atom stereocenters. The number of fused-ring (bicyclic) bond motifs is 2. The number of nitrogens with zero attached hydrogens (tertiary/aromatic N) is 2. The Morgan fingerprint density at radius 3 is 2.76 bits per heavy atom. The van der Waals surface area contributed by atoms with E-state index in [0.29, 0.717) is 13.2 Å². The van der Waals surface area contributed by atoms with E-state index in [1.807, 2.05) is 12.1 Å². The Balaban J connectivity index is 1.45. The molecule has 1 aromatic heterocycles. The molecule has 3 aromatic rings. The molecule has 1 saturated heterocycles. The number of nitrogens with one attached hydrogen (secondary N) is 2. The number of hydrogen-bond donors (Lipinski definition) is 3. The minimum atomic E-state index is -0.293. The van der Waals surface area contributed by atoms with Gasteiger partial charge in [0.25, 0.3) is 0 Å². The summed E-state index contributed by atoms with van der Waals surface area (Å²) in [5, 5.41) is 21.7. The molecular formula is C25H24N4O3S2. The minimum absolute atomic E-state index is 0.0968. The second-order valence-electron chi connectivity index (χ2n) is 8.10. The van der Waals surface area contributed by atoms with Gasteiger partial charge in [-0.1, -0.05) is 35.7 Å². The van der Waals surface area contributed by atoms with Gasteiger partial charge in [-0.05, 0) is 30.3 Å². The maximum atomic E-state index is 12.5. The summed E-state index contributed by atoms with van der Waals surface area (Å²) in [6.07, 6.45) is 0.239.